The van der Waals surface area contributed by atoms with Gasteiger partial charge in [0.05, 0.1) is 18.4 Å². The molecule has 1 amide bonds. The molecular weight excluding hydrogens is 298 g/mol. The number of amides is 1. The predicted octanol–water partition coefficient (Wildman–Crippen LogP) is 1.54. The fraction of sp³-hybridized carbons (Fsp3) is 0.400. The molecule has 0 unspecified atom stereocenters. The number of hydrogen-bond acceptors (Lipinski definition) is 5. The molecule has 0 atom stereocenters. The third kappa shape index (κ3) is 3.04. The molecule has 1 aliphatic heterocycles. The van der Waals surface area contributed by atoms with Gasteiger partial charge in [-0.2, -0.15) is 5.10 Å². The molecule has 0 saturated carbocycles. The number of carbonyl (C=O) groups is 1. The van der Waals surface area contributed by atoms with Crippen molar-refractivity contribution in [2.75, 3.05) is 25.5 Å². The first kappa shape index (κ1) is 14.8. The fourth-order valence-electron chi connectivity index (χ4n) is 2.36. The van der Waals surface area contributed by atoms with Gasteiger partial charge in [-0.25, -0.2) is 4.98 Å². The van der Waals surface area contributed by atoms with Gasteiger partial charge in [0.25, 0.3) is 0 Å². The summed E-state index contributed by atoms with van der Waals surface area (Å²) in [6.45, 7) is 1.37. The molecule has 0 bridgehead atoms. The molecule has 0 aliphatic carbocycles. The molecule has 0 fully saturated rings. The van der Waals surface area contributed by atoms with Gasteiger partial charge in [0.15, 0.2) is 5.13 Å². The topological polar surface area (TPSA) is 54.3 Å². The Hall–Kier alpha value is -2.15. The van der Waals surface area contributed by atoms with Crippen LogP contribution in [0.1, 0.15) is 16.1 Å². The van der Waals surface area contributed by atoms with Crippen LogP contribution in [0.3, 0.4) is 0 Å². The normalized spacial score (nSPS) is 14.4. The van der Waals surface area contributed by atoms with Crippen LogP contribution in [-0.4, -0.2) is 46.2 Å². The molecule has 3 heterocycles. The summed E-state index contributed by atoms with van der Waals surface area (Å²) in [6, 6.07) is 0. The Morgan fingerprint density at radius 1 is 1.45 bits per heavy atom. The van der Waals surface area contributed by atoms with Crippen molar-refractivity contribution in [1.82, 2.24) is 19.7 Å². The predicted molar refractivity (Wildman–Crippen MR) is 87.8 cm³/mol. The summed E-state index contributed by atoms with van der Waals surface area (Å²) >= 11 is 1.67. The van der Waals surface area contributed by atoms with Gasteiger partial charge in [0.1, 0.15) is 0 Å². The van der Waals surface area contributed by atoms with Gasteiger partial charge in [-0.15, -0.1) is 0 Å². The zero-order valence-corrected chi connectivity index (χ0v) is 13.8. The summed E-state index contributed by atoms with van der Waals surface area (Å²) in [5.41, 5.74) is 2.07. The molecular formula is C15H19N5OS. The van der Waals surface area contributed by atoms with Crippen LogP contribution in [0.25, 0.3) is 6.08 Å². The maximum atomic E-state index is 12.3. The first-order valence-corrected chi connectivity index (χ1v) is 7.96. The summed E-state index contributed by atoms with van der Waals surface area (Å²) in [5, 5.41) is 5.09. The van der Waals surface area contributed by atoms with E-state index in [4.69, 9.17) is 0 Å². The van der Waals surface area contributed by atoms with Crippen LogP contribution in [0.15, 0.2) is 18.5 Å². The van der Waals surface area contributed by atoms with Crippen molar-refractivity contribution in [3.05, 3.63) is 34.6 Å². The molecule has 6 nitrogen and oxygen atoms in total. The van der Waals surface area contributed by atoms with Crippen molar-refractivity contribution in [2.45, 2.75) is 13.0 Å². The first-order chi connectivity index (χ1) is 10.5. The van der Waals surface area contributed by atoms with E-state index >= 15 is 0 Å². The van der Waals surface area contributed by atoms with Gasteiger partial charge in [0, 0.05) is 56.8 Å². The van der Waals surface area contributed by atoms with Crippen LogP contribution in [-0.2, 0) is 24.8 Å². The number of carbonyl (C=O) groups excluding carboxylic acids is 1. The van der Waals surface area contributed by atoms with Crippen molar-refractivity contribution < 1.29 is 4.79 Å². The summed E-state index contributed by atoms with van der Waals surface area (Å²) < 4.78 is 1.72. The largest absolute Gasteiger partial charge is 0.354 e. The Labute approximate surface area is 133 Å². The van der Waals surface area contributed by atoms with Gasteiger partial charge in [-0.05, 0) is 6.08 Å². The van der Waals surface area contributed by atoms with Crippen molar-refractivity contribution in [3.8, 4) is 0 Å². The lowest BCUT2D eigenvalue weighted by molar-refractivity contribution is -0.126. The molecule has 0 saturated heterocycles. The van der Waals surface area contributed by atoms with E-state index in [-0.39, 0.29) is 5.91 Å². The number of anilines is 1. The minimum absolute atomic E-state index is 0.0364. The Balaban J connectivity index is 1.68. The van der Waals surface area contributed by atoms with Crippen molar-refractivity contribution in [1.29, 1.82) is 0 Å². The van der Waals surface area contributed by atoms with Gasteiger partial charge in [0.2, 0.25) is 5.91 Å². The average Bonchev–Trinajstić information content (AvgIpc) is 3.09. The summed E-state index contributed by atoms with van der Waals surface area (Å²) in [5.74, 6) is 0.0364. The van der Waals surface area contributed by atoms with E-state index in [9.17, 15) is 4.79 Å². The third-order valence-electron chi connectivity index (χ3n) is 3.56. The van der Waals surface area contributed by atoms with E-state index in [1.807, 2.05) is 43.2 Å². The molecule has 7 heteroatoms. The molecule has 3 rings (SSSR count). The van der Waals surface area contributed by atoms with Gasteiger partial charge in [-0.1, -0.05) is 11.3 Å². The van der Waals surface area contributed by atoms with Gasteiger partial charge in [-0.3, -0.25) is 9.48 Å². The second kappa shape index (κ2) is 5.92. The Bertz CT molecular complexity index is 715. The van der Waals surface area contributed by atoms with E-state index in [1.165, 1.54) is 4.88 Å². The van der Waals surface area contributed by atoms with Crippen molar-refractivity contribution in [2.24, 2.45) is 7.05 Å². The highest BCUT2D eigenvalue weighted by Gasteiger charge is 2.23. The van der Waals surface area contributed by atoms with E-state index < -0.39 is 0 Å². The molecule has 0 spiro atoms. The summed E-state index contributed by atoms with van der Waals surface area (Å²) in [4.78, 5) is 22.0. The maximum Gasteiger partial charge on any atom is 0.246 e. The van der Waals surface area contributed by atoms with Crippen molar-refractivity contribution in [3.63, 3.8) is 0 Å². The van der Waals surface area contributed by atoms with Crippen LogP contribution >= 0.6 is 11.3 Å². The molecule has 0 radical (unpaired) electrons. The molecule has 116 valence electrons. The highest BCUT2D eigenvalue weighted by atomic mass is 32.1. The lowest BCUT2D eigenvalue weighted by Gasteiger charge is -2.24. The number of aromatic nitrogens is 3. The highest BCUT2D eigenvalue weighted by molar-refractivity contribution is 7.15. The summed E-state index contributed by atoms with van der Waals surface area (Å²) in [6.07, 6.45) is 7.88. The van der Waals surface area contributed by atoms with Gasteiger partial charge < -0.3 is 9.80 Å². The number of fused-ring (bicyclic) bond motifs is 1. The second-order valence-electron chi connectivity index (χ2n) is 5.55. The minimum Gasteiger partial charge on any atom is -0.354 e. The molecule has 2 aromatic heterocycles. The number of nitrogens with zero attached hydrogens (tertiary/aromatic N) is 5. The van der Waals surface area contributed by atoms with Crippen LogP contribution in [0, 0.1) is 0 Å². The van der Waals surface area contributed by atoms with Crippen LogP contribution in [0.2, 0.25) is 0 Å². The number of rotatable bonds is 3. The van der Waals surface area contributed by atoms with E-state index in [0.29, 0.717) is 6.54 Å². The van der Waals surface area contributed by atoms with E-state index in [2.05, 4.69) is 10.1 Å². The number of thiazole rings is 1. The highest BCUT2D eigenvalue weighted by Crippen LogP contribution is 2.29. The molecule has 0 N–H and O–H groups in total. The van der Waals surface area contributed by atoms with Crippen LogP contribution in [0.5, 0.6) is 0 Å². The number of aryl methyl sites for hydroxylation is 1. The maximum absolute atomic E-state index is 12.3. The minimum atomic E-state index is 0.0364. The Morgan fingerprint density at radius 3 is 2.95 bits per heavy atom. The quantitative estimate of drug-likeness (QED) is 0.806. The Kier molecular flexibility index (Phi) is 3.98. The number of hydrogen-bond donors (Lipinski definition) is 0. The van der Waals surface area contributed by atoms with Crippen LogP contribution in [0.4, 0.5) is 5.13 Å². The molecule has 22 heavy (non-hydrogen) atoms. The zero-order valence-electron chi connectivity index (χ0n) is 13.0. The van der Waals surface area contributed by atoms with Crippen LogP contribution < -0.4 is 4.90 Å². The zero-order chi connectivity index (χ0) is 15.7. The van der Waals surface area contributed by atoms with Gasteiger partial charge >= 0.3 is 0 Å². The monoisotopic (exact) mass is 317 g/mol. The first-order valence-electron chi connectivity index (χ1n) is 7.14. The lowest BCUT2D eigenvalue weighted by Crippen LogP contribution is -2.34. The summed E-state index contributed by atoms with van der Waals surface area (Å²) in [7, 11) is 5.84. The molecule has 1 aliphatic rings. The lowest BCUT2D eigenvalue weighted by atomic mass is 10.1. The molecule has 2 aromatic rings. The van der Waals surface area contributed by atoms with E-state index in [0.717, 1.165) is 29.4 Å². The standard InChI is InChI=1S/C15H19N5OS/c1-18(2)15-17-12-6-7-20(10-13(12)22-15)14(21)5-4-11-8-16-19(3)9-11/h4-5,8-9H,6-7,10H2,1-3H3/b5-4+. The Morgan fingerprint density at radius 2 is 2.27 bits per heavy atom. The van der Waals surface area contributed by atoms with Crippen molar-refractivity contribution >= 4 is 28.5 Å². The second-order valence-corrected chi connectivity index (χ2v) is 6.61. The van der Waals surface area contributed by atoms with E-state index in [1.54, 1.807) is 28.3 Å². The smallest absolute Gasteiger partial charge is 0.246 e. The average molecular weight is 317 g/mol. The molecule has 0 aromatic carbocycles. The fourth-order valence-corrected chi connectivity index (χ4v) is 3.41. The third-order valence-corrected chi connectivity index (χ3v) is 4.81. The SMILES string of the molecule is CN(C)c1nc2c(s1)CN(C(=O)/C=C/c1cnn(C)c1)CC2.